The first-order valence-corrected chi connectivity index (χ1v) is 9.88. The van der Waals surface area contributed by atoms with Crippen molar-refractivity contribution in [1.29, 1.82) is 0 Å². The van der Waals surface area contributed by atoms with Crippen LogP contribution in [-0.4, -0.2) is 73.1 Å². The Labute approximate surface area is 161 Å². The summed E-state index contributed by atoms with van der Waals surface area (Å²) < 4.78 is 5.41. The monoisotopic (exact) mass is 373 g/mol. The van der Waals surface area contributed by atoms with E-state index in [1.165, 1.54) is 5.56 Å². The summed E-state index contributed by atoms with van der Waals surface area (Å²) >= 11 is 0. The zero-order valence-electron chi connectivity index (χ0n) is 16.4. The molecule has 1 aromatic rings. The molecule has 2 amide bonds. The van der Waals surface area contributed by atoms with Crippen molar-refractivity contribution in [1.82, 2.24) is 15.1 Å². The molecular formula is C21H31N3O3. The van der Waals surface area contributed by atoms with Gasteiger partial charge in [0, 0.05) is 44.7 Å². The van der Waals surface area contributed by atoms with E-state index in [0.717, 1.165) is 32.7 Å². The molecule has 6 nitrogen and oxygen atoms in total. The number of amides is 2. The van der Waals surface area contributed by atoms with Crippen molar-refractivity contribution < 1.29 is 14.3 Å². The fourth-order valence-electron chi connectivity index (χ4n) is 3.80. The fourth-order valence-corrected chi connectivity index (χ4v) is 3.80. The number of nitrogens with one attached hydrogen (secondary N) is 1. The van der Waals surface area contributed by atoms with Gasteiger partial charge in [0.2, 0.25) is 11.8 Å². The van der Waals surface area contributed by atoms with Crippen molar-refractivity contribution >= 4 is 11.8 Å². The molecule has 1 unspecified atom stereocenters. The molecule has 27 heavy (non-hydrogen) atoms. The molecule has 148 valence electrons. The van der Waals surface area contributed by atoms with Crippen molar-refractivity contribution in [3.63, 3.8) is 0 Å². The minimum Gasteiger partial charge on any atom is -0.379 e. The molecule has 0 spiro atoms. The Kier molecular flexibility index (Phi) is 6.50. The lowest BCUT2D eigenvalue weighted by Crippen LogP contribution is -2.55. The molecule has 2 aliphatic heterocycles. The molecular weight excluding hydrogens is 342 g/mol. The van der Waals surface area contributed by atoms with Crippen LogP contribution in [0.5, 0.6) is 0 Å². The molecule has 2 fully saturated rings. The van der Waals surface area contributed by atoms with Crippen molar-refractivity contribution in [3.05, 3.63) is 35.9 Å². The smallest absolute Gasteiger partial charge is 0.225 e. The van der Waals surface area contributed by atoms with E-state index < -0.39 is 0 Å². The summed E-state index contributed by atoms with van der Waals surface area (Å²) in [5, 5.41) is 3.08. The lowest BCUT2D eigenvalue weighted by atomic mass is 10.0. The fraction of sp³-hybridized carbons (Fsp3) is 0.619. The molecule has 0 radical (unpaired) electrons. The maximum atomic E-state index is 12.6. The number of morpholine rings is 1. The van der Waals surface area contributed by atoms with Crippen molar-refractivity contribution in [2.75, 3.05) is 45.9 Å². The van der Waals surface area contributed by atoms with Gasteiger partial charge in [-0.25, -0.2) is 0 Å². The molecule has 0 saturated carbocycles. The molecule has 2 saturated heterocycles. The highest BCUT2D eigenvalue weighted by Crippen LogP contribution is 2.20. The lowest BCUT2D eigenvalue weighted by molar-refractivity contribution is -0.129. The van der Waals surface area contributed by atoms with Gasteiger partial charge in [0.25, 0.3) is 0 Å². The van der Waals surface area contributed by atoms with Gasteiger partial charge in [-0.3, -0.25) is 14.5 Å². The highest BCUT2D eigenvalue weighted by molar-refractivity contribution is 5.89. The molecule has 6 heteroatoms. The maximum absolute atomic E-state index is 12.6. The molecule has 1 atom stereocenters. The van der Waals surface area contributed by atoms with Crippen LogP contribution in [0.2, 0.25) is 0 Å². The molecule has 3 rings (SSSR count). The third-order valence-electron chi connectivity index (χ3n) is 5.66. The Hall–Kier alpha value is -1.92. The predicted octanol–water partition coefficient (Wildman–Crippen LogP) is 1.30. The van der Waals surface area contributed by atoms with E-state index in [-0.39, 0.29) is 23.3 Å². The first kappa shape index (κ1) is 19.8. The number of carbonyl (C=O) groups excluding carboxylic acids is 2. The van der Waals surface area contributed by atoms with Gasteiger partial charge >= 0.3 is 0 Å². The highest BCUT2D eigenvalue weighted by atomic mass is 16.5. The third kappa shape index (κ3) is 5.30. The number of likely N-dealkylation sites (tertiary alicyclic amines) is 1. The summed E-state index contributed by atoms with van der Waals surface area (Å²) in [6.07, 6.45) is 1.14. The summed E-state index contributed by atoms with van der Waals surface area (Å²) in [7, 11) is 0. The topological polar surface area (TPSA) is 61.9 Å². The van der Waals surface area contributed by atoms with Crippen LogP contribution in [0, 0.1) is 5.92 Å². The summed E-state index contributed by atoms with van der Waals surface area (Å²) in [5.74, 6) is -0.167. The van der Waals surface area contributed by atoms with Gasteiger partial charge in [0.15, 0.2) is 0 Å². The first-order valence-electron chi connectivity index (χ1n) is 9.88. The Morgan fingerprint density at radius 3 is 2.63 bits per heavy atom. The zero-order chi connectivity index (χ0) is 19.3. The van der Waals surface area contributed by atoms with Crippen LogP contribution in [0.25, 0.3) is 0 Å². The second-order valence-corrected chi connectivity index (χ2v) is 8.11. The molecule has 2 heterocycles. The first-order chi connectivity index (χ1) is 13.0. The quantitative estimate of drug-likeness (QED) is 0.783. The summed E-state index contributed by atoms with van der Waals surface area (Å²) in [6, 6.07) is 10.1. The molecule has 1 N–H and O–H groups in total. The van der Waals surface area contributed by atoms with E-state index in [1.54, 1.807) is 0 Å². The number of carbonyl (C=O) groups is 2. The van der Waals surface area contributed by atoms with Crippen LogP contribution in [0.4, 0.5) is 0 Å². The van der Waals surface area contributed by atoms with E-state index in [0.29, 0.717) is 26.1 Å². The van der Waals surface area contributed by atoms with E-state index in [9.17, 15) is 9.59 Å². The van der Waals surface area contributed by atoms with Crippen molar-refractivity contribution in [2.45, 2.75) is 32.2 Å². The average Bonchev–Trinajstić information content (AvgIpc) is 3.07. The second kappa shape index (κ2) is 8.85. The Morgan fingerprint density at radius 1 is 1.22 bits per heavy atom. The number of benzene rings is 1. The predicted molar refractivity (Wildman–Crippen MR) is 104 cm³/mol. The van der Waals surface area contributed by atoms with Crippen LogP contribution in [0.15, 0.2) is 30.3 Å². The van der Waals surface area contributed by atoms with Gasteiger partial charge in [-0.1, -0.05) is 30.3 Å². The zero-order valence-corrected chi connectivity index (χ0v) is 16.4. The molecule has 0 bridgehead atoms. The van der Waals surface area contributed by atoms with Crippen LogP contribution in [-0.2, 0) is 20.7 Å². The number of rotatable bonds is 7. The van der Waals surface area contributed by atoms with E-state index in [2.05, 4.69) is 36.2 Å². The molecule has 1 aromatic carbocycles. The maximum Gasteiger partial charge on any atom is 0.225 e. The van der Waals surface area contributed by atoms with Crippen LogP contribution >= 0.6 is 0 Å². The Bertz CT molecular complexity index is 641. The third-order valence-corrected chi connectivity index (χ3v) is 5.66. The Balaban J connectivity index is 1.45. The van der Waals surface area contributed by atoms with Crippen LogP contribution in [0.1, 0.15) is 25.8 Å². The highest BCUT2D eigenvalue weighted by Gasteiger charge is 2.35. The number of ether oxygens (including phenoxy) is 1. The lowest BCUT2D eigenvalue weighted by Gasteiger charge is -2.41. The summed E-state index contributed by atoms with van der Waals surface area (Å²) in [4.78, 5) is 29.1. The Morgan fingerprint density at radius 2 is 1.93 bits per heavy atom. The molecule has 0 aromatic heterocycles. The minimum absolute atomic E-state index is 0.00750. The van der Waals surface area contributed by atoms with Gasteiger partial charge in [0.05, 0.1) is 19.1 Å². The number of nitrogens with zero attached hydrogens (tertiary/aromatic N) is 2. The number of hydrogen-bond acceptors (Lipinski definition) is 4. The SMILES string of the molecule is CC(C)(CNC(=O)C1CC(=O)N(CCc2ccccc2)C1)N1CCOCC1. The minimum atomic E-state index is -0.242. The van der Waals surface area contributed by atoms with E-state index >= 15 is 0 Å². The van der Waals surface area contributed by atoms with Gasteiger partial charge in [-0.15, -0.1) is 0 Å². The van der Waals surface area contributed by atoms with Crippen LogP contribution < -0.4 is 5.32 Å². The summed E-state index contributed by atoms with van der Waals surface area (Å²) in [6.45, 7) is 9.32. The van der Waals surface area contributed by atoms with Gasteiger partial charge in [-0.2, -0.15) is 0 Å². The largest absolute Gasteiger partial charge is 0.379 e. The molecule has 2 aliphatic rings. The van der Waals surface area contributed by atoms with Crippen molar-refractivity contribution in [3.8, 4) is 0 Å². The molecule has 0 aliphatic carbocycles. The average molecular weight is 373 g/mol. The normalized spacial score (nSPS) is 21.5. The van der Waals surface area contributed by atoms with Crippen molar-refractivity contribution in [2.24, 2.45) is 5.92 Å². The van der Waals surface area contributed by atoms with Crippen LogP contribution in [0.3, 0.4) is 0 Å². The van der Waals surface area contributed by atoms with Gasteiger partial charge in [0.1, 0.15) is 0 Å². The van der Waals surface area contributed by atoms with Gasteiger partial charge in [-0.05, 0) is 25.8 Å². The standard InChI is InChI=1S/C21H31N3O3/c1-21(2,24-10-12-27-13-11-24)16-22-20(26)18-14-19(25)23(15-18)9-8-17-6-4-3-5-7-17/h3-7,18H,8-16H2,1-2H3,(H,22,26). The number of hydrogen-bond donors (Lipinski definition) is 1. The summed E-state index contributed by atoms with van der Waals surface area (Å²) in [5.41, 5.74) is 1.10. The van der Waals surface area contributed by atoms with E-state index in [4.69, 9.17) is 4.74 Å². The van der Waals surface area contributed by atoms with Gasteiger partial charge < -0.3 is 15.0 Å². The van der Waals surface area contributed by atoms with E-state index in [1.807, 2.05) is 23.1 Å². The second-order valence-electron chi connectivity index (χ2n) is 8.11.